The van der Waals surface area contributed by atoms with Crippen LogP contribution in [0.4, 0.5) is 11.6 Å². The number of hydrogen-bond donors (Lipinski definition) is 2. The summed E-state index contributed by atoms with van der Waals surface area (Å²) in [5.41, 5.74) is 1.10. The molecule has 1 aromatic heterocycles. The van der Waals surface area contributed by atoms with E-state index in [1.54, 1.807) is 6.33 Å². The van der Waals surface area contributed by atoms with E-state index < -0.39 is 0 Å². The van der Waals surface area contributed by atoms with Crippen molar-refractivity contribution in [2.45, 2.75) is 39.7 Å². The highest BCUT2D eigenvalue weighted by Gasteiger charge is 2.22. The molecule has 1 aliphatic heterocycles. The van der Waals surface area contributed by atoms with Gasteiger partial charge in [-0.05, 0) is 39.8 Å². The van der Waals surface area contributed by atoms with E-state index in [2.05, 4.69) is 46.3 Å². The van der Waals surface area contributed by atoms with Crippen LogP contribution in [0.25, 0.3) is 0 Å². The molecular formula is C14H25N5. The van der Waals surface area contributed by atoms with E-state index in [0.717, 1.165) is 36.8 Å². The number of rotatable bonds is 6. The Hall–Kier alpha value is -1.36. The van der Waals surface area contributed by atoms with Crippen LogP contribution in [-0.4, -0.2) is 47.1 Å². The molecule has 1 saturated heterocycles. The average molecular weight is 263 g/mol. The number of likely N-dealkylation sites (N-methyl/N-ethyl adjacent to an activating group) is 1. The second-order valence-corrected chi connectivity index (χ2v) is 5.03. The van der Waals surface area contributed by atoms with Gasteiger partial charge in [0.05, 0.1) is 0 Å². The maximum atomic E-state index is 4.35. The maximum absolute atomic E-state index is 4.35. The summed E-state index contributed by atoms with van der Waals surface area (Å²) >= 11 is 0. The van der Waals surface area contributed by atoms with Crippen LogP contribution >= 0.6 is 0 Å². The lowest BCUT2D eigenvalue weighted by Gasteiger charge is -2.23. The van der Waals surface area contributed by atoms with Crippen molar-refractivity contribution in [3.63, 3.8) is 0 Å². The van der Waals surface area contributed by atoms with Crippen molar-refractivity contribution >= 4 is 11.6 Å². The molecule has 1 aliphatic rings. The molecule has 19 heavy (non-hydrogen) atoms. The molecule has 1 fully saturated rings. The number of hydrogen-bond acceptors (Lipinski definition) is 5. The molecule has 0 amide bonds. The molecule has 2 heterocycles. The van der Waals surface area contributed by atoms with Crippen molar-refractivity contribution in [2.24, 2.45) is 0 Å². The summed E-state index contributed by atoms with van der Waals surface area (Å²) in [6.07, 6.45) is 4.22. The SMILES string of the molecule is CCNc1ncnc(NCC2CCCN2CC)c1C. The molecule has 0 bridgehead atoms. The number of likely N-dealkylation sites (tertiary alicyclic amines) is 1. The van der Waals surface area contributed by atoms with Crippen LogP contribution in [-0.2, 0) is 0 Å². The maximum Gasteiger partial charge on any atom is 0.134 e. The lowest BCUT2D eigenvalue weighted by atomic mass is 10.2. The van der Waals surface area contributed by atoms with Crippen molar-refractivity contribution < 1.29 is 0 Å². The van der Waals surface area contributed by atoms with Crippen molar-refractivity contribution in [3.05, 3.63) is 11.9 Å². The minimum Gasteiger partial charge on any atom is -0.370 e. The lowest BCUT2D eigenvalue weighted by molar-refractivity contribution is 0.277. The van der Waals surface area contributed by atoms with Crippen LogP contribution in [0, 0.1) is 6.92 Å². The van der Waals surface area contributed by atoms with Gasteiger partial charge in [0.1, 0.15) is 18.0 Å². The zero-order chi connectivity index (χ0) is 13.7. The predicted octanol–water partition coefficient (Wildman–Crippen LogP) is 2.11. The van der Waals surface area contributed by atoms with Crippen LogP contribution in [0.15, 0.2) is 6.33 Å². The highest BCUT2D eigenvalue weighted by molar-refractivity contribution is 5.56. The summed E-state index contributed by atoms with van der Waals surface area (Å²) in [7, 11) is 0. The molecule has 0 spiro atoms. The van der Waals surface area contributed by atoms with E-state index >= 15 is 0 Å². The van der Waals surface area contributed by atoms with Crippen LogP contribution in [0.2, 0.25) is 0 Å². The molecule has 0 saturated carbocycles. The molecule has 5 nitrogen and oxygen atoms in total. The number of nitrogens with zero attached hydrogens (tertiary/aromatic N) is 3. The van der Waals surface area contributed by atoms with Crippen molar-refractivity contribution in [3.8, 4) is 0 Å². The normalized spacial score (nSPS) is 19.6. The molecule has 1 atom stereocenters. The number of aromatic nitrogens is 2. The summed E-state index contributed by atoms with van der Waals surface area (Å²) in [5, 5.41) is 6.75. The Labute approximate surface area is 115 Å². The van der Waals surface area contributed by atoms with Gasteiger partial charge in [0.25, 0.3) is 0 Å². The average Bonchev–Trinajstić information content (AvgIpc) is 2.87. The molecule has 5 heteroatoms. The Morgan fingerprint density at radius 2 is 2.00 bits per heavy atom. The van der Waals surface area contributed by atoms with Gasteiger partial charge in [-0.15, -0.1) is 0 Å². The third-order valence-corrected chi connectivity index (χ3v) is 3.84. The fraction of sp³-hybridized carbons (Fsp3) is 0.714. The number of nitrogens with one attached hydrogen (secondary N) is 2. The van der Waals surface area contributed by atoms with Gasteiger partial charge >= 0.3 is 0 Å². The molecule has 0 aliphatic carbocycles. The lowest BCUT2D eigenvalue weighted by Crippen LogP contribution is -2.34. The van der Waals surface area contributed by atoms with Crippen LogP contribution in [0.1, 0.15) is 32.3 Å². The third kappa shape index (κ3) is 3.35. The summed E-state index contributed by atoms with van der Waals surface area (Å²) in [4.78, 5) is 11.2. The van der Waals surface area contributed by atoms with E-state index in [9.17, 15) is 0 Å². The molecule has 1 aromatic rings. The molecular weight excluding hydrogens is 238 g/mol. The van der Waals surface area contributed by atoms with Gasteiger partial charge in [-0.3, -0.25) is 4.90 Å². The fourth-order valence-corrected chi connectivity index (χ4v) is 2.73. The van der Waals surface area contributed by atoms with Crippen LogP contribution < -0.4 is 10.6 Å². The monoisotopic (exact) mass is 263 g/mol. The quantitative estimate of drug-likeness (QED) is 0.823. The van der Waals surface area contributed by atoms with E-state index in [-0.39, 0.29) is 0 Å². The highest BCUT2D eigenvalue weighted by Crippen LogP contribution is 2.20. The topological polar surface area (TPSA) is 53.1 Å². The van der Waals surface area contributed by atoms with Gasteiger partial charge in [-0.1, -0.05) is 6.92 Å². The second-order valence-electron chi connectivity index (χ2n) is 5.03. The van der Waals surface area contributed by atoms with Gasteiger partial charge in [-0.2, -0.15) is 0 Å². The Bertz CT molecular complexity index is 407. The van der Waals surface area contributed by atoms with E-state index in [1.807, 2.05) is 0 Å². The Morgan fingerprint density at radius 3 is 2.68 bits per heavy atom. The molecule has 106 valence electrons. The van der Waals surface area contributed by atoms with Gasteiger partial charge in [0.15, 0.2) is 0 Å². The highest BCUT2D eigenvalue weighted by atomic mass is 15.2. The van der Waals surface area contributed by atoms with Crippen LogP contribution in [0.5, 0.6) is 0 Å². The Kier molecular flexibility index (Phi) is 4.96. The van der Waals surface area contributed by atoms with Gasteiger partial charge in [0.2, 0.25) is 0 Å². The van der Waals surface area contributed by atoms with E-state index in [4.69, 9.17) is 0 Å². The zero-order valence-electron chi connectivity index (χ0n) is 12.2. The molecule has 0 aromatic carbocycles. The van der Waals surface area contributed by atoms with Gasteiger partial charge in [0, 0.05) is 24.7 Å². The first-order valence-electron chi connectivity index (χ1n) is 7.29. The summed E-state index contributed by atoms with van der Waals surface area (Å²) in [6, 6.07) is 0.641. The van der Waals surface area contributed by atoms with E-state index in [1.165, 1.54) is 19.4 Å². The van der Waals surface area contributed by atoms with Crippen LogP contribution in [0.3, 0.4) is 0 Å². The summed E-state index contributed by atoms with van der Waals surface area (Å²) in [5.74, 6) is 1.88. The number of anilines is 2. The molecule has 2 N–H and O–H groups in total. The molecule has 1 unspecified atom stereocenters. The van der Waals surface area contributed by atoms with Crippen molar-refractivity contribution in [1.29, 1.82) is 0 Å². The molecule has 0 radical (unpaired) electrons. The summed E-state index contributed by atoms with van der Waals surface area (Å²) in [6.45, 7) is 10.6. The Balaban J connectivity index is 1.97. The Morgan fingerprint density at radius 1 is 1.26 bits per heavy atom. The van der Waals surface area contributed by atoms with E-state index in [0.29, 0.717) is 6.04 Å². The van der Waals surface area contributed by atoms with Crippen molar-refractivity contribution in [1.82, 2.24) is 14.9 Å². The predicted molar refractivity (Wildman–Crippen MR) is 79.7 cm³/mol. The third-order valence-electron chi connectivity index (χ3n) is 3.84. The van der Waals surface area contributed by atoms with Gasteiger partial charge < -0.3 is 10.6 Å². The first kappa shape index (κ1) is 14.1. The molecule has 2 rings (SSSR count). The summed E-state index contributed by atoms with van der Waals surface area (Å²) < 4.78 is 0. The minimum atomic E-state index is 0.641. The van der Waals surface area contributed by atoms with Gasteiger partial charge in [-0.25, -0.2) is 9.97 Å². The van der Waals surface area contributed by atoms with Crippen molar-refractivity contribution in [2.75, 3.05) is 36.8 Å². The standard InChI is InChI=1S/C14H25N5/c1-4-15-13-11(3)14(18-10-17-13)16-9-12-7-6-8-19(12)5-2/h10,12H,4-9H2,1-3H3,(H2,15,16,17,18). The fourth-order valence-electron chi connectivity index (χ4n) is 2.73. The largest absolute Gasteiger partial charge is 0.370 e. The second kappa shape index (κ2) is 6.70. The zero-order valence-corrected chi connectivity index (χ0v) is 12.2. The first-order valence-corrected chi connectivity index (χ1v) is 7.29. The first-order chi connectivity index (χ1) is 9.26. The minimum absolute atomic E-state index is 0.641. The smallest absolute Gasteiger partial charge is 0.134 e.